The van der Waals surface area contributed by atoms with Gasteiger partial charge in [0, 0.05) is 9.75 Å². The molecule has 0 aliphatic carbocycles. The molecule has 4 heteroatoms. The average Bonchev–Trinajstić information content (AvgIpc) is 2.97. The zero-order chi connectivity index (χ0) is 13.8. The van der Waals surface area contributed by atoms with Crippen molar-refractivity contribution in [1.82, 2.24) is 5.32 Å². The summed E-state index contributed by atoms with van der Waals surface area (Å²) in [5, 5.41) is 5.93. The summed E-state index contributed by atoms with van der Waals surface area (Å²) in [7, 11) is 0. The molecule has 0 aliphatic heterocycles. The third-order valence-electron chi connectivity index (χ3n) is 3.26. The molecule has 0 bridgehead atoms. The van der Waals surface area contributed by atoms with E-state index < -0.39 is 0 Å². The third kappa shape index (κ3) is 3.48. The smallest absolute Gasteiger partial charge is 0.0704 e. The van der Waals surface area contributed by atoms with Gasteiger partial charge in [0.25, 0.3) is 0 Å². The minimum absolute atomic E-state index is 0.345. The highest BCUT2D eigenvalue weighted by molar-refractivity contribution is 9.11. The molecule has 0 radical (unpaired) electrons. The lowest BCUT2D eigenvalue weighted by Gasteiger charge is -2.19. The maximum atomic E-state index is 3.71. The van der Waals surface area contributed by atoms with Crippen LogP contribution in [0, 0.1) is 6.92 Å². The Labute approximate surface area is 132 Å². The average molecular weight is 358 g/mol. The highest BCUT2D eigenvalue weighted by atomic mass is 79.9. The van der Waals surface area contributed by atoms with E-state index in [1.807, 2.05) is 22.7 Å². The van der Waals surface area contributed by atoms with Gasteiger partial charge in [-0.2, -0.15) is 0 Å². The Hall–Kier alpha value is -0.160. The quantitative estimate of drug-likeness (QED) is 0.716. The topological polar surface area (TPSA) is 12.0 Å². The number of hydrogen-bond donors (Lipinski definition) is 1. The van der Waals surface area contributed by atoms with Crippen LogP contribution in [0.1, 0.15) is 47.2 Å². The molecule has 0 spiro atoms. The molecule has 1 N–H and O–H groups in total. The van der Waals surface area contributed by atoms with E-state index in [0.717, 1.165) is 19.4 Å². The second-order valence-electron chi connectivity index (χ2n) is 4.61. The molecule has 0 aliphatic rings. The lowest BCUT2D eigenvalue weighted by atomic mass is 10.0. The van der Waals surface area contributed by atoms with Gasteiger partial charge in [0.2, 0.25) is 0 Å². The van der Waals surface area contributed by atoms with Gasteiger partial charge in [0.1, 0.15) is 0 Å². The normalized spacial score (nSPS) is 12.8. The first-order chi connectivity index (χ1) is 9.17. The second-order valence-corrected chi connectivity index (χ2v) is 8.20. The first-order valence-electron chi connectivity index (χ1n) is 6.72. The van der Waals surface area contributed by atoms with Crippen LogP contribution in [0.3, 0.4) is 0 Å². The highest BCUT2D eigenvalue weighted by Crippen LogP contribution is 2.37. The predicted octanol–water partition coefficient (Wildman–Crippen LogP) is 5.53. The van der Waals surface area contributed by atoms with E-state index in [9.17, 15) is 0 Å². The summed E-state index contributed by atoms with van der Waals surface area (Å²) in [6, 6.07) is 4.88. The molecule has 2 aromatic rings. The lowest BCUT2D eigenvalue weighted by molar-refractivity contribution is 0.602. The Balaban J connectivity index is 2.38. The van der Waals surface area contributed by atoms with Crippen molar-refractivity contribution in [2.45, 2.75) is 39.7 Å². The van der Waals surface area contributed by atoms with Crippen LogP contribution in [0.2, 0.25) is 0 Å². The first kappa shape index (κ1) is 15.2. The molecule has 1 nitrogen and oxygen atoms in total. The zero-order valence-corrected chi connectivity index (χ0v) is 14.8. The monoisotopic (exact) mass is 357 g/mol. The molecule has 0 fully saturated rings. The number of nitrogens with one attached hydrogen (secondary N) is 1. The molecule has 2 aromatic heterocycles. The summed E-state index contributed by atoms with van der Waals surface area (Å²) in [5.41, 5.74) is 2.89. The van der Waals surface area contributed by atoms with Gasteiger partial charge in [0.05, 0.1) is 9.83 Å². The minimum Gasteiger partial charge on any atom is -0.306 e. The van der Waals surface area contributed by atoms with Crippen LogP contribution in [0.15, 0.2) is 21.3 Å². The van der Waals surface area contributed by atoms with Crippen molar-refractivity contribution in [3.8, 4) is 0 Å². The fourth-order valence-corrected chi connectivity index (χ4v) is 5.11. The maximum absolute atomic E-state index is 3.71. The molecule has 104 valence electrons. The molecule has 0 amide bonds. The van der Waals surface area contributed by atoms with Crippen molar-refractivity contribution >= 4 is 38.6 Å². The SMILES string of the molecule is CCCNC(c1cc(Br)sc1C)c1sccc1CC. The van der Waals surface area contributed by atoms with Crippen molar-refractivity contribution in [1.29, 1.82) is 0 Å². The van der Waals surface area contributed by atoms with E-state index in [1.165, 1.54) is 24.7 Å². The number of aryl methyl sites for hydroxylation is 2. The van der Waals surface area contributed by atoms with Crippen LogP contribution in [0.4, 0.5) is 0 Å². The van der Waals surface area contributed by atoms with Gasteiger partial charge in [-0.3, -0.25) is 0 Å². The van der Waals surface area contributed by atoms with E-state index in [0.29, 0.717) is 6.04 Å². The summed E-state index contributed by atoms with van der Waals surface area (Å²) in [6.45, 7) is 7.72. The molecule has 2 heterocycles. The minimum atomic E-state index is 0.345. The van der Waals surface area contributed by atoms with Crippen LogP contribution in [-0.4, -0.2) is 6.54 Å². The molecule has 1 unspecified atom stereocenters. The Morgan fingerprint density at radius 3 is 2.74 bits per heavy atom. The van der Waals surface area contributed by atoms with Gasteiger partial charge in [-0.25, -0.2) is 0 Å². The van der Waals surface area contributed by atoms with Crippen LogP contribution < -0.4 is 5.32 Å². The maximum Gasteiger partial charge on any atom is 0.0704 e. The van der Waals surface area contributed by atoms with E-state index in [1.54, 1.807) is 0 Å². The fourth-order valence-electron chi connectivity index (χ4n) is 2.27. The Bertz CT molecular complexity index is 530. The van der Waals surface area contributed by atoms with Crippen molar-refractivity contribution < 1.29 is 0 Å². The predicted molar refractivity (Wildman–Crippen MR) is 90.6 cm³/mol. The molecular formula is C15H20BrNS2. The number of rotatable bonds is 6. The van der Waals surface area contributed by atoms with Crippen molar-refractivity contribution in [3.63, 3.8) is 0 Å². The molecule has 0 saturated heterocycles. The largest absolute Gasteiger partial charge is 0.306 e. The summed E-state index contributed by atoms with van der Waals surface area (Å²) in [4.78, 5) is 2.88. The molecule has 0 aromatic carbocycles. The van der Waals surface area contributed by atoms with Gasteiger partial charge >= 0.3 is 0 Å². The number of halogens is 1. The number of thiophene rings is 2. The molecule has 1 atom stereocenters. The molecular weight excluding hydrogens is 338 g/mol. The van der Waals surface area contributed by atoms with E-state index in [2.05, 4.69) is 59.5 Å². The summed E-state index contributed by atoms with van der Waals surface area (Å²) in [6.07, 6.45) is 2.27. The van der Waals surface area contributed by atoms with Crippen LogP contribution >= 0.6 is 38.6 Å². The van der Waals surface area contributed by atoms with Gasteiger partial charge < -0.3 is 5.32 Å². The van der Waals surface area contributed by atoms with Crippen molar-refractivity contribution in [2.24, 2.45) is 0 Å². The van der Waals surface area contributed by atoms with Crippen LogP contribution in [-0.2, 0) is 6.42 Å². The Morgan fingerprint density at radius 2 is 2.16 bits per heavy atom. The summed E-state index contributed by atoms with van der Waals surface area (Å²) in [5.74, 6) is 0. The Kier molecular flexibility index (Phi) is 5.63. The van der Waals surface area contributed by atoms with E-state index in [-0.39, 0.29) is 0 Å². The fraction of sp³-hybridized carbons (Fsp3) is 0.467. The van der Waals surface area contributed by atoms with Gasteiger partial charge in [-0.05, 0) is 70.9 Å². The lowest BCUT2D eigenvalue weighted by Crippen LogP contribution is -2.23. The first-order valence-corrected chi connectivity index (χ1v) is 9.21. The highest BCUT2D eigenvalue weighted by Gasteiger charge is 2.21. The number of hydrogen-bond acceptors (Lipinski definition) is 3. The van der Waals surface area contributed by atoms with Crippen LogP contribution in [0.25, 0.3) is 0 Å². The summed E-state index contributed by atoms with van der Waals surface area (Å²) >= 11 is 7.31. The molecule has 0 saturated carbocycles. The molecule has 2 rings (SSSR count). The van der Waals surface area contributed by atoms with E-state index >= 15 is 0 Å². The third-order valence-corrected chi connectivity index (χ3v) is 5.85. The standard InChI is InChI=1S/C15H20BrNS2/c1-4-7-17-14(12-9-13(16)19-10(12)3)15-11(5-2)6-8-18-15/h6,8-9,14,17H,4-5,7H2,1-3H3. The molecule has 19 heavy (non-hydrogen) atoms. The van der Waals surface area contributed by atoms with Gasteiger partial charge in [0.15, 0.2) is 0 Å². The van der Waals surface area contributed by atoms with E-state index in [4.69, 9.17) is 0 Å². The van der Waals surface area contributed by atoms with Crippen molar-refractivity contribution in [2.75, 3.05) is 6.54 Å². The zero-order valence-electron chi connectivity index (χ0n) is 11.6. The van der Waals surface area contributed by atoms with Crippen LogP contribution in [0.5, 0.6) is 0 Å². The van der Waals surface area contributed by atoms with Gasteiger partial charge in [-0.15, -0.1) is 22.7 Å². The Morgan fingerprint density at radius 1 is 1.37 bits per heavy atom. The summed E-state index contributed by atoms with van der Waals surface area (Å²) < 4.78 is 1.22. The second kappa shape index (κ2) is 7.02. The van der Waals surface area contributed by atoms with Gasteiger partial charge in [-0.1, -0.05) is 13.8 Å². The van der Waals surface area contributed by atoms with Crippen molar-refractivity contribution in [3.05, 3.63) is 42.2 Å².